The van der Waals surface area contributed by atoms with Crippen molar-refractivity contribution < 1.29 is 4.74 Å². The summed E-state index contributed by atoms with van der Waals surface area (Å²) in [5.74, 6) is 0. The molecule has 2 saturated heterocycles. The molecule has 0 aromatic carbocycles. The van der Waals surface area contributed by atoms with Gasteiger partial charge in [-0.05, 0) is 50.5 Å². The van der Waals surface area contributed by atoms with Crippen molar-refractivity contribution in [3.8, 4) is 0 Å². The maximum Gasteiger partial charge on any atom is 0.0593 e. The minimum atomic E-state index is 0.212. The molecule has 2 atom stereocenters. The number of nitrogens with zero attached hydrogens (tertiary/aromatic N) is 1. The van der Waals surface area contributed by atoms with E-state index >= 15 is 0 Å². The molecule has 118 valence electrons. The van der Waals surface area contributed by atoms with Crippen molar-refractivity contribution in [1.29, 1.82) is 0 Å². The third kappa shape index (κ3) is 3.05. The van der Waals surface area contributed by atoms with Gasteiger partial charge in [0.1, 0.15) is 0 Å². The molecule has 0 radical (unpaired) electrons. The lowest BCUT2D eigenvalue weighted by atomic mass is 9.80. The Kier molecular flexibility index (Phi) is 5.49. The van der Waals surface area contributed by atoms with E-state index in [9.17, 15) is 0 Å². The molecule has 0 amide bonds. The SMILES string of the molecule is CCCC1CC(CN)(N2CCC(CC)(CC)C2)CCO1. The van der Waals surface area contributed by atoms with E-state index < -0.39 is 0 Å². The van der Waals surface area contributed by atoms with Gasteiger partial charge in [-0.2, -0.15) is 0 Å². The summed E-state index contributed by atoms with van der Waals surface area (Å²) in [6.07, 6.45) is 9.03. The van der Waals surface area contributed by atoms with Crippen molar-refractivity contribution in [2.45, 2.75) is 77.4 Å². The Morgan fingerprint density at radius 3 is 2.50 bits per heavy atom. The highest BCUT2D eigenvalue weighted by Gasteiger charge is 2.46. The standard InChI is InChI=1S/C17H34N2O/c1-4-7-15-12-17(13-18,9-11-20-15)19-10-8-16(5-2,6-3)14-19/h15H,4-14,18H2,1-3H3. The second-order valence-electron chi connectivity index (χ2n) is 7.04. The van der Waals surface area contributed by atoms with Crippen LogP contribution in [0.5, 0.6) is 0 Å². The molecule has 2 unspecified atom stereocenters. The molecular weight excluding hydrogens is 248 g/mol. The molecule has 2 fully saturated rings. The Bertz CT molecular complexity index is 301. The van der Waals surface area contributed by atoms with Crippen LogP contribution in [0.1, 0.15) is 65.7 Å². The topological polar surface area (TPSA) is 38.5 Å². The Balaban J connectivity index is 2.07. The van der Waals surface area contributed by atoms with E-state index in [1.165, 1.54) is 45.2 Å². The molecule has 0 spiro atoms. The summed E-state index contributed by atoms with van der Waals surface area (Å²) in [7, 11) is 0. The molecule has 0 saturated carbocycles. The van der Waals surface area contributed by atoms with Crippen LogP contribution in [-0.2, 0) is 4.74 Å². The van der Waals surface area contributed by atoms with Gasteiger partial charge in [0.25, 0.3) is 0 Å². The average molecular weight is 282 g/mol. The van der Waals surface area contributed by atoms with E-state index in [0.29, 0.717) is 11.5 Å². The maximum absolute atomic E-state index is 6.25. The summed E-state index contributed by atoms with van der Waals surface area (Å²) in [6.45, 7) is 11.1. The number of ether oxygens (including phenoxy) is 1. The maximum atomic E-state index is 6.25. The van der Waals surface area contributed by atoms with Gasteiger partial charge in [-0.1, -0.05) is 27.2 Å². The quantitative estimate of drug-likeness (QED) is 0.813. The van der Waals surface area contributed by atoms with Gasteiger partial charge in [0.05, 0.1) is 6.10 Å². The van der Waals surface area contributed by atoms with E-state index in [-0.39, 0.29) is 5.54 Å². The third-order valence-electron chi connectivity index (χ3n) is 6.13. The Morgan fingerprint density at radius 2 is 1.95 bits per heavy atom. The molecule has 2 aliphatic heterocycles. The first-order valence-electron chi connectivity index (χ1n) is 8.70. The van der Waals surface area contributed by atoms with Gasteiger partial charge in [-0.15, -0.1) is 0 Å². The largest absolute Gasteiger partial charge is 0.378 e. The summed E-state index contributed by atoms with van der Waals surface area (Å²) >= 11 is 0. The van der Waals surface area contributed by atoms with E-state index in [1.807, 2.05) is 0 Å². The number of hydrogen-bond acceptors (Lipinski definition) is 3. The zero-order valence-corrected chi connectivity index (χ0v) is 13.8. The van der Waals surface area contributed by atoms with E-state index in [0.717, 1.165) is 26.0 Å². The van der Waals surface area contributed by atoms with Crippen LogP contribution in [0.3, 0.4) is 0 Å². The molecule has 0 aromatic heterocycles. The molecular formula is C17H34N2O. The van der Waals surface area contributed by atoms with Crippen molar-refractivity contribution in [3.63, 3.8) is 0 Å². The molecule has 0 aliphatic carbocycles. The Morgan fingerprint density at radius 1 is 1.20 bits per heavy atom. The highest BCUT2D eigenvalue weighted by atomic mass is 16.5. The molecule has 3 heteroatoms. The molecule has 2 N–H and O–H groups in total. The average Bonchev–Trinajstić information content (AvgIpc) is 2.93. The van der Waals surface area contributed by atoms with Crippen molar-refractivity contribution in [2.75, 3.05) is 26.2 Å². The lowest BCUT2D eigenvalue weighted by Crippen LogP contribution is -2.58. The van der Waals surface area contributed by atoms with Crippen LogP contribution in [-0.4, -0.2) is 42.8 Å². The van der Waals surface area contributed by atoms with Crippen LogP contribution < -0.4 is 5.73 Å². The second kappa shape index (κ2) is 6.76. The zero-order valence-electron chi connectivity index (χ0n) is 13.8. The molecule has 2 rings (SSSR count). The van der Waals surface area contributed by atoms with Crippen LogP contribution in [0.15, 0.2) is 0 Å². The summed E-state index contributed by atoms with van der Waals surface area (Å²) in [5, 5.41) is 0. The van der Waals surface area contributed by atoms with E-state index in [2.05, 4.69) is 25.7 Å². The number of nitrogens with two attached hydrogens (primary N) is 1. The lowest BCUT2D eigenvalue weighted by Gasteiger charge is -2.47. The molecule has 20 heavy (non-hydrogen) atoms. The fourth-order valence-corrected chi connectivity index (χ4v) is 4.28. The normalized spacial score (nSPS) is 34.5. The highest BCUT2D eigenvalue weighted by molar-refractivity contribution is 5.02. The second-order valence-corrected chi connectivity index (χ2v) is 7.04. The molecule has 0 bridgehead atoms. The van der Waals surface area contributed by atoms with Gasteiger partial charge in [-0.3, -0.25) is 4.90 Å². The van der Waals surface area contributed by atoms with Crippen LogP contribution in [0.2, 0.25) is 0 Å². The monoisotopic (exact) mass is 282 g/mol. The summed E-state index contributed by atoms with van der Waals surface area (Å²) in [5.41, 5.74) is 7.01. The van der Waals surface area contributed by atoms with Gasteiger partial charge in [0.15, 0.2) is 0 Å². The lowest BCUT2D eigenvalue weighted by molar-refractivity contribution is -0.0704. The summed E-state index contributed by atoms with van der Waals surface area (Å²) in [6, 6.07) is 0. The minimum absolute atomic E-state index is 0.212. The smallest absolute Gasteiger partial charge is 0.0593 e. The van der Waals surface area contributed by atoms with Crippen LogP contribution in [0.25, 0.3) is 0 Å². The van der Waals surface area contributed by atoms with Crippen molar-refractivity contribution in [3.05, 3.63) is 0 Å². The van der Waals surface area contributed by atoms with Crippen molar-refractivity contribution in [2.24, 2.45) is 11.1 Å². The van der Waals surface area contributed by atoms with Gasteiger partial charge in [0.2, 0.25) is 0 Å². The molecule has 2 heterocycles. The van der Waals surface area contributed by atoms with E-state index in [1.54, 1.807) is 0 Å². The first-order valence-corrected chi connectivity index (χ1v) is 8.70. The van der Waals surface area contributed by atoms with Crippen LogP contribution in [0, 0.1) is 5.41 Å². The molecule has 0 aromatic rings. The van der Waals surface area contributed by atoms with Crippen molar-refractivity contribution in [1.82, 2.24) is 4.90 Å². The Hall–Kier alpha value is -0.120. The first-order chi connectivity index (χ1) is 9.63. The van der Waals surface area contributed by atoms with Crippen LogP contribution >= 0.6 is 0 Å². The summed E-state index contributed by atoms with van der Waals surface area (Å²) < 4.78 is 5.96. The fraction of sp³-hybridized carbons (Fsp3) is 1.00. The van der Waals surface area contributed by atoms with Gasteiger partial charge in [-0.25, -0.2) is 0 Å². The predicted molar refractivity (Wildman–Crippen MR) is 84.9 cm³/mol. The third-order valence-corrected chi connectivity index (χ3v) is 6.13. The zero-order chi connectivity index (χ0) is 14.6. The number of rotatable bonds is 6. The number of likely N-dealkylation sites (tertiary alicyclic amines) is 1. The predicted octanol–water partition coefficient (Wildman–Crippen LogP) is 3.18. The fourth-order valence-electron chi connectivity index (χ4n) is 4.28. The highest BCUT2D eigenvalue weighted by Crippen LogP contribution is 2.43. The van der Waals surface area contributed by atoms with E-state index in [4.69, 9.17) is 10.5 Å². The van der Waals surface area contributed by atoms with Gasteiger partial charge < -0.3 is 10.5 Å². The van der Waals surface area contributed by atoms with Crippen LogP contribution in [0.4, 0.5) is 0 Å². The van der Waals surface area contributed by atoms with Gasteiger partial charge in [0, 0.05) is 25.2 Å². The van der Waals surface area contributed by atoms with Crippen molar-refractivity contribution >= 4 is 0 Å². The van der Waals surface area contributed by atoms with Gasteiger partial charge >= 0.3 is 0 Å². The summed E-state index contributed by atoms with van der Waals surface area (Å²) in [4.78, 5) is 2.73. The minimum Gasteiger partial charge on any atom is -0.378 e. The first kappa shape index (κ1) is 16.3. The number of hydrogen-bond donors (Lipinski definition) is 1. The molecule has 2 aliphatic rings. The molecule has 3 nitrogen and oxygen atoms in total. The Labute approximate surface area is 125 Å².